The maximum absolute atomic E-state index is 12.9. The number of cyclic esters (lactones) is 2. The van der Waals surface area contributed by atoms with Crippen molar-refractivity contribution < 1.29 is 28.2 Å². The number of carbonyl (C=O) groups excluding carboxylic acids is 2. The van der Waals surface area contributed by atoms with Crippen LogP contribution in [-0.4, -0.2) is 30.3 Å². The van der Waals surface area contributed by atoms with Gasteiger partial charge in [-0.2, -0.15) is 0 Å². The van der Waals surface area contributed by atoms with E-state index in [1.165, 1.54) is 0 Å². The Morgan fingerprint density at radius 1 is 1.19 bits per heavy atom. The van der Waals surface area contributed by atoms with E-state index < -0.39 is 11.0 Å². The van der Waals surface area contributed by atoms with Crippen molar-refractivity contribution in [2.45, 2.75) is 44.0 Å². The molecule has 1 aromatic heterocycles. The third-order valence-corrected chi connectivity index (χ3v) is 7.76. The second-order valence-electron chi connectivity index (χ2n) is 8.60. The normalized spacial score (nSPS) is 50.8. The fourth-order valence-corrected chi connectivity index (χ4v) is 6.55. The summed E-state index contributed by atoms with van der Waals surface area (Å²) in [5.74, 6) is -0.824. The van der Waals surface area contributed by atoms with Gasteiger partial charge in [-0.3, -0.25) is 9.59 Å². The fraction of sp³-hybridized carbons (Fsp3) is 0.600. The second kappa shape index (κ2) is 4.42. The first-order chi connectivity index (χ1) is 12.5. The zero-order chi connectivity index (χ0) is 17.7. The summed E-state index contributed by atoms with van der Waals surface area (Å²) in [7, 11) is 0. The summed E-state index contributed by atoms with van der Waals surface area (Å²) >= 11 is 0. The number of carbonyl (C=O) groups is 2. The Balaban J connectivity index is 1.49. The van der Waals surface area contributed by atoms with Crippen molar-refractivity contribution in [3.05, 3.63) is 36.3 Å². The lowest BCUT2D eigenvalue weighted by molar-refractivity contribution is -0.198. The highest BCUT2D eigenvalue weighted by molar-refractivity contribution is 5.81. The van der Waals surface area contributed by atoms with E-state index in [2.05, 4.69) is 6.92 Å². The van der Waals surface area contributed by atoms with E-state index in [4.69, 9.17) is 18.6 Å². The van der Waals surface area contributed by atoms with Gasteiger partial charge in [0.25, 0.3) is 0 Å². The van der Waals surface area contributed by atoms with Crippen LogP contribution in [0.25, 0.3) is 0 Å². The maximum atomic E-state index is 12.9. The number of hydrogen-bond acceptors (Lipinski definition) is 6. The predicted octanol–water partition coefficient (Wildman–Crippen LogP) is 2.55. The zero-order valence-corrected chi connectivity index (χ0v) is 14.5. The van der Waals surface area contributed by atoms with Crippen molar-refractivity contribution >= 4 is 11.9 Å². The Hall–Kier alpha value is -2.08. The molecular weight excluding hydrogens is 336 g/mol. The van der Waals surface area contributed by atoms with Crippen molar-refractivity contribution in [1.29, 1.82) is 0 Å². The standard InChI is InChI=1S/C20H20O6/c1-18-8-14(11-5-7-23-9-11)25-17(22)12(18)4-6-19-10-24-16(21)13(19)2-3-15-20(18,19)26-15/h2-3,5,7,9,12-15H,4,6,8,10H2,1H3/t12?,13-,14+,15-,18-,19+,20+/m0/s1. The van der Waals surface area contributed by atoms with Gasteiger partial charge < -0.3 is 18.6 Å². The molecule has 0 aromatic carbocycles. The molecule has 2 spiro atoms. The number of rotatable bonds is 1. The van der Waals surface area contributed by atoms with E-state index >= 15 is 0 Å². The van der Waals surface area contributed by atoms with Crippen molar-refractivity contribution in [3.63, 3.8) is 0 Å². The number of furan rings is 1. The Kier molecular flexibility index (Phi) is 2.55. The number of esters is 2. The van der Waals surface area contributed by atoms with Crippen LogP contribution in [0.5, 0.6) is 0 Å². The van der Waals surface area contributed by atoms with E-state index in [9.17, 15) is 9.59 Å². The molecule has 1 aromatic rings. The number of epoxide rings is 1. The summed E-state index contributed by atoms with van der Waals surface area (Å²) in [5, 5.41) is 0. The van der Waals surface area contributed by atoms with Gasteiger partial charge in [-0.15, -0.1) is 0 Å². The summed E-state index contributed by atoms with van der Waals surface area (Å²) in [6.45, 7) is 2.52. The number of ether oxygens (including phenoxy) is 3. The van der Waals surface area contributed by atoms with Crippen molar-refractivity contribution in [2.75, 3.05) is 6.61 Å². The first-order valence-corrected chi connectivity index (χ1v) is 9.27. The van der Waals surface area contributed by atoms with Gasteiger partial charge in [0, 0.05) is 11.0 Å². The van der Waals surface area contributed by atoms with E-state index in [1.54, 1.807) is 12.5 Å². The summed E-state index contributed by atoms with van der Waals surface area (Å²) < 4.78 is 22.8. The number of fused-ring (bicyclic) bond motifs is 1. The highest BCUT2D eigenvalue weighted by Crippen LogP contribution is 2.76. The summed E-state index contributed by atoms with van der Waals surface area (Å²) in [4.78, 5) is 25.3. The minimum Gasteiger partial charge on any atom is -0.472 e. The monoisotopic (exact) mass is 356 g/mol. The predicted molar refractivity (Wildman–Crippen MR) is 86.6 cm³/mol. The molecule has 6 heteroatoms. The molecule has 0 radical (unpaired) electrons. The smallest absolute Gasteiger partial charge is 0.313 e. The van der Waals surface area contributed by atoms with Crippen LogP contribution < -0.4 is 0 Å². The lowest BCUT2D eigenvalue weighted by Crippen LogP contribution is -2.65. The quantitative estimate of drug-likeness (QED) is 0.437. The van der Waals surface area contributed by atoms with Crippen LogP contribution in [0, 0.1) is 22.7 Å². The molecule has 0 N–H and O–H groups in total. The topological polar surface area (TPSA) is 78.3 Å². The molecule has 6 rings (SSSR count). The van der Waals surface area contributed by atoms with E-state index in [1.807, 2.05) is 18.2 Å². The minimum atomic E-state index is -0.532. The van der Waals surface area contributed by atoms with Gasteiger partial charge in [0.1, 0.15) is 24.4 Å². The van der Waals surface area contributed by atoms with E-state index in [0.717, 1.165) is 12.0 Å². The molecule has 1 unspecified atom stereocenters. The van der Waals surface area contributed by atoms with Gasteiger partial charge in [-0.05, 0) is 25.3 Å². The van der Waals surface area contributed by atoms with Gasteiger partial charge >= 0.3 is 11.9 Å². The molecule has 4 heterocycles. The Morgan fingerprint density at radius 3 is 2.88 bits per heavy atom. The van der Waals surface area contributed by atoms with E-state index in [-0.39, 0.29) is 41.4 Å². The second-order valence-corrected chi connectivity index (χ2v) is 8.60. The molecule has 0 amide bonds. The molecule has 5 aliphatic rings. The summed E-state index contributed by atoms with van der Waals surface area (Å²) in [5.41, 5.74) is -0.444. The Morgan fingerprint density at radius 2 is 2.08 bits per heavy atom. The highest BCUT2D eigenvalue weighted by atomic mass is 16.6. The molecule has 0 bridgehead atoms. The number of hydrogen-bond donors (Lipinski definition) is 0. The van der Waals surface area contributed by atoms with Crippen LogP contribution in [0.1, 0.15) is 37.9 Å². The lowest BCUT2D eigenvalue weighted by atomic mass is 9.44. The van der Waals surface area contributed by atoms with Crippen molar-refractivity contribution in [1.82, 2.24) is 0 Å². The molecule has 3 aliphatic heterocycles. The molecule has 3 saturated heterocycles. The average Bonchev–Trinajstić information content (AvgIpc) is 2.99. The summed E-state index contributed by atoms with van der Waals surface area (Å²) in [6.07, 6.45) is 8.89. The SMILES string of the molecule is C[C@]12C[C@H](c3ccoc3)OC(=O)C1CC[C@@]13COC(=O)[C@@H]1C=C[C@@H]1O[C@@]132. The molecule has 1 saturated carbocycles. The molecule has 6 nitrogen and oxygen atoms in total. The molecule has 136 valence electrons. The van der Waals surface area contributed by atoms with Gasteiger partial charge in [-0.1, -0.05) is 19.1 Å². The van der Waals surface area contributed by atoms with Crippen LogP contribution in [-0.2, 0) is 23.8 Å². The zero-order valence-electron chi connectivity index (χ0n) is 14.5. The van der Waals surface area contributed by atoms with Gasteiger partial charge in [-0.25, -0.2) is 0 Å². The molecule has 4 fully saturated rings. The highest BCUT2D eigenvalue weighted by Gasteiger charge is 2.84. The van der Waals surface area contributed by atoms with Gasteiger partial charge in [0.05, 0.1) is 29.8 Å². The average molecular weight is 356 g/mol. The minimum absolute atomic E-state index is 0.0584. The maximum Gasteiger partial charge on any atom is 0.313 e. The third kappa shape index (κ3) is 1.43. The van der Waals surface area contributed by atoms with Gasteiger partial charge in [0.2, 0.25) is 0 Å². The largest absolute Gasteiger partial charge is 0.472 e. The summed E-state index contributed by atoms with van der Waals surface area (Å²) in [6, 6.07) is 1.84. The first kappa shape index (κ1) is 15.0. The first-order valence-electron chi connectivity index (χ1n) is 9.27. The van der Waals surface area contributed by atoms with Crippen LogP contribution in [0.15, 0.2) is 35.2 Å². The van der Waals surface area contributed by atoms with Gasteiger partial charge in [0.15, 0.2) is 0 Å². The molecule has 2 aliphatic carbocycles. The molecule has 7 atom stereocenters. The Bertz CT molecular complexity index is 842. The fourth-order valence-electron chi connectivity index (χ4n) is 6.55. The van der Waals surface area contributed by atoms with Crippen molar-refractivity contribution in [2.24, 2.45) is 22.7 Å². The molecule has 26 heavy (non-hydrogen) atoms. The lowest BCUT2D eigenvalue weighted by Gasteiger charge is -2.57. The molecular formula is C20H20O6. The van der Waals surface area contributed by atoms with Crippen molar-refractivity contribution in [3.8, 4) is 0 Å². The van der Waals surface area contributed by atoms with Crippen LogP contribution in [0.3, 0.4) is 0 Å². The van der Waals surface area contributed by atoms with Crippen LogP contribution in [0.4, 0.5) is 0 Å². The van der Waals surface area contributed by atoms with Crippen LogP contribution in [0.2, 0.25) is 0 Å². The third-order valence-electron chi connectivity index (χ3n) is 7.76. The van der Waals surface area contributed by atoms with E-state index in [0.29, 0.717) is 19.4 Å². The Labute approximate surface area is 150 Å². The van der Waals surface area contributed by atoms with Crippen LogP contribution >= 0.6 is 0 Å².